The minimum atomic E-state index is 0.147. The molecule has 0 spiro atoms. The van der Waals surface area contributed by atoms with Gasteiger partial charge in [-0.3, -0.25) is 5.41 Å². The van der Waals surface area contributed by atoms with E-state index in [1.165, 1.54) is 0 Å². The van der Waals surface area contributed by atoms with Crippen molar-refractivity contribution in [3.63, 3.8) is 0 Å². The Balaban J connectivity index is 2.29. The molecule has 0 aliphatic carbocycles. The number of nitrogen functional groups attached to an aromatic ring is 1. The molecule has 1 aromatic rings. The number of nitrogens with one attached hydrogen (secondary N) is 1. The van der Waals surface area contributed by atoms with Crippen molar-refractivity contribution in [1.29, 1.82) is 5.41 Å². The Hall–Kier alpha value is -0.650. The Labute approximate surface area is 116 Å². The number of thioether (sulfide) groups is 2. The smallest absolute Gasteiger partial charge is 0.125 e. The van der Waals surface area contributed by atoms with Crippen LogP contribution < -0.4 is 5.73 Å². The summed E-state index contributed by atoms with van der Waals surface area (Å²) < 4.78 is 5.58. The quantitative estimate of drug-likeness (QED) is 0.506. The number of benzene rings is 1. The van der Waals surface area contributed by atoms with E-state index in [1.807, 2.05) is 24.5 Å². The first-order valence-electron chi connectivity index (χ1n) is 5.93. The van der Waals surface area contributed by atoms with Gasteiger partial charge in [-0.15, -0.1) is 23.5 Å². The maximum absolute atomic E-state index is 7.76. The van der Waals surface area contributed by atoms with Crippen LogP contribution in [0.3, 0.4) is 0 Å². The Morgan fingerprint density at radius 3 is 2.72 bits per heavy atom. The normalized spacial score (nSPS) is 23.2. The lowest BCUT2D eigenvalue weighted by molar-refractivity contribution is 0.127. The molecule has 98 valence electrons. The van der Waals surface area contributed by atoms with Gasteiger partial charge in [-0.05, 0) is 31.7 Å². The molecule has 3 N–H and O–H groups in total. The monoisotopic (exact) mass is 282 g/mol. The summed E-state index contributed by atoms with van der Waals surface area (Å²) >= 11 is 3.42. The van der Waals surface area contributed by atoms with E-state index in [4.69, 9.17) is 15.9 Å². The third-order valence-corrected chi connectivity index (χ3v) is 5.36. The van der Waals surface area contributed by atoms with Crippen LogP contribution in [0, 0.1) is 5.41 Å². The Morgan fingerprint density at radius 2 is 2.17 bits per heavy atom. The van der Waals surface area contributed by atoms with Gasteiger partial charge in [0.05, 0.1) is 6.10 Å². The first-order valence-corrected chi connectivity index (χ1v) is 8.03. The molecule has 2 rings (SSSR count). The highest BCUT2D eigenvalue weighted by Crippen LogP contribution is 2.37. The SMILES string of the molecule is CSc1cccc(SC2CCOC2C)c1C(=N)N. The third-order valence-electron chi connectivity index (χ3n) is 3.06. The van der Waals surface area contributed by atoms with E-state index >= 15 is 0 Å². The average molecular weight is 282 g/mol. The second-order valence-electron chi connectivity index (χ2n) is 4.27. The second kappa shape index (κ2) is 5.99. The number of hydrogen-bond acceptors (Lipinski definition) is 4. The van der Waals surface area contributed by atoms with Gasteiger partial charge >= 0.3 is 0 Å². The Kier molecular flexibility index (Phi) is 4.59. The van der Waals surface area contributed by atoms with E-state index in [1.54, 1.807) is 23.5 Å². The maximum atomic E-state index is 7.76. The molecule has 1 aliphatic rings. The molecule has 0 amide bonds. The molecule has 0 aromatic heterocycles. The molecule has 1 fully saturated rings. The number of amidine groups is 1. The molecule has 5 heteroatoms. The van der Waals surface area contributed by atoms with Gasteiger partial charge in [0.2, 0.25) is 0 Å². The summed E-state index contributed by atoms with van der Waals surface area (Å²) in [6.45, 7) is 2.94. The molecule has 1 heterocycles. The zero-order valence-corrected chi connectivity index (χ0v) is 12.2. The van der Waals surface area contributed by atoms with Gasteiger partial charge in [-0.2, -0.15) is 0 Å². The van der Waals surface area contributed by atoms with Gasteiger partial charge in [0.1, 0.15) is 5.84 Å². The fourth-order valence-corrected chi connectivity index (χ4v) is 4.08. The van der Waals surface area contributed by atoms with Crippen LogP contribution in [0.5, 0.6) is 0 Å². The molecule has 0 bridgehead atoms. The Morgan fingerprint density at radius 1 is 1.44 bits per heavy atom. The molecule has 3 nitrogen and oxygen atoms in total. The van der Waals surface area contributed by atoms with Crippen molar-refractivity contribution in [3.8, 4) is 0 Å². The van der Waals surface area contributed by atoms with E-state index in [-0.39, 0.29) is 11.9 Å². The van der Waals surface area contributed by atoms with E-state index in [0.717, 1.165) is 28.4 Å². The summed E-state index contributed by atoms with van der Waals surface area (Å²) in [6, 6.07) is 6.09. The van der Waals surface area contributed by atoms with Crippen molar-refractivity contribution in [2.75, 3.05) is 12.9 Å². The minimum absolute atomic E-state index is 0.147. The molecule has 1 aromatic carbocycles. The molecule has 2 unspecified atom stereocenters. The summed E-state index contributed by atoms with van der Waals surface area (Å²) in [7, 11) is 0. The molecule has 18 heavy (non-hydrogen) atoms. The number of ether oxygens (including phenoxy) is 1. The van der Waals surface area contributed by atoms with Gasteiger partial charge in [0.15, 0.2) is 0 Å². The average Bonchev–Trinajstić information content (AvgIpc) is 2.74. The molecular formula is C13H18N2OS2. The minimum Gasteiger partial charge on any atom is -0.384 e. The van der Waals surface area contributed by atoms with Crippen LogP contribution in [0.1, 0.15) is 18.9 Å². The summed E-state index contributed by atoms with van der Waals surface area (Å²) in [5.74, 6) is 0.147. The lowest BCUT2D eigenvalue weighted by Crippen LogP contribution is -2.17. The fraction of sp³-hybridized carbons (Fsp3) is 0.462. The largest absolute Gasteiger partial charge is 0.384 e. The van der Waals surface area contributed by atoms with Crippen molar-refractivity contribution in [1.82, 2.24) is 0 Å². The van der Waals surface area contributed by atoms with Crippen molar-refractivity contribution < 1.29 is 4.74 Å². The highest BCUT2D eigenvalue weighted by Gasteiger charge is 2.26. The van der Waals surface area contributed by atoms with Crippen LogP contribution >= 0.6 is 23.5 Å². The molecule has 1 saturated heterocycles. The predicted octanol–water partition coefficient (Wildman–Crippen LogP) is 2.96. The van der Waals surface area contributed by atoms with Gasteiger partial charge in [0, 0.05) is 27.2 Å². The number of hydrogen-bond donors (Lipinski definition) is 2. The Bertz CT molecular complexity index is 451. The van der Waals surface area contributed by atoms with Gasteiger partial charge in [-0.1, -0.05) is 6.07 Å². The second-order valence-corrected chi connectivity index (χ2v) is 6.40. The van der Waals surface area contributed by atoms with Crippen LogP contribution in [-0.2, 0) is 4.74 Å². The highest BCUT2D eigenvalue weighted by molar-refractivity contribution is 8.00. The van der Waals surface area contributed by atoms with E-state index in [0.29, 0.717) is 5.25 Å². The van der Waals surface area contributed by atoms with E-state index in [2.05, 4.69) is 6.92 Å². The highest BCUT2D eigenvalue weighted by atomic mass is 32.2. The van der Waals surface area contributed by atoms with Crippen LogP contribution in [0.4, 0.5) is 0 Å². The third kappa shape index (κ3) is 2.84. The summed E-state index contributed by atoms with van der Waals surface area (Å²) in [4.78, 5) is 2.16. The maximum Gasteiger partial charge on any atom is 0.125 e. The van der Waals surface area contributed by atoms with E-state index < -0.39 is 0 Å². The number of rotatable bonds is 4. The fourth-order valence-electron chi connectivity index (χ4n) is 2.07. The molecule has 2 atom stereocenters. The van der Waals surface area contributed by atoms with Crippen molar-refractivity contribution in [2.45, 2.75) is 34.5 Å². The zero-order chi connectivity index (χ0) is 13.1. The van der Waals surface area contributed by atoms with Crippen molar-refractivity contribution in [3.05, 3.63) is 23.8 Å². The lowest BCUT2D eigenvalue weighted by Gasteiger charge is -2.17. The van der Waals surface area contributed by atoms with Crippen LogP contribution in [0.25, 0.3) is 0 Å². The van der Waals surface area contributed by atoms with Crippen molar-refractivity contribution in [2.24, 2.45) is 5.73 Å². The van der Waals surface area contributed by atoms with Crippen LogP contribution in [-0.4, -0.2) is 30.1 Å². The van der Waals surface area contributed by atoms with Crippen LogP contribution in [0.2, 0.25) is 0 Å². The molecule has 1 aliphatic heterocycles. The first-order chi connectivity index (χ1) is 8.63. The van der Waals surface area contributed by atoms with Gasteiger partial charge in [-0.25, -0.2) is 0 Å². The molecule has 0 saturated carbocycles. The first kappa shape index (κ1) is 13.8. The van der Waals surface area contributed by atoms with E-state index in [9.17, 15) is 0 Å². The lowest BCUT2D eigenvalue weighted by atomic mass is 10.2. The van der Waals surface area contributed by atoms with Gasteiger partial charge < -0.3 is 10.5 Å². The summed E-state index contributed by atoms with van der Waals surface area (Å²) in [5, 5.41) is 8.22. The van der Waals surface area contributed by atoms with Crippen LogP contribution in [0.15, 0.2) is 28.0 Å². The molecular weight excluding hydrogens is 264 g/mol. The predicted molar refractivity (Wildman–Crippen MR) is 78.9 cm³/mol. The van der Waals surface area contributed by atoms with Gasteiger partial charge in [0.25, 0.3) is 0 Å². The summed E-state index contributed by atoms with van der Waals surface area (Å²) in [6.07, 6.45) is 3.34. The van der Waals surface area contributed by atoms with Crippen molar-refractivity contribution >= 4 is 29.4 Å². The number of nitrogens with two attached hydrogens (primary N) is 1. The summed E-state index contributed by atoms with van der Waals surface area (Å²) in [5.41, 5.74) is 6.59. The molecule has 0 radical (unpaired) electrons. The standard InChI is InChI=1S/C13H18N2OS2/c1-8-9(6-7-16-8)18-11-5-3-4-10(17-2)12(11)13(14)15/h3-5,8-9H,6-7H2,1-2H3,(H3,14,15). The topological polar surface area (TPSA) is 59.1 Å². The zero-order valence-electron chi connectivity index (χ0n) is 10.6.